The third kappa shape index (κ3) is 2.72. The van der Waals surface area contributed by atoms with E-state index in [1.54, 1.807) is 0 Å². The van der Waals surface area contributed by atoms with Crippen LogP contribution < -0.4 is 5.32 Å². The number of carbonyl (C=O) groups excluding carboxylic acids is 1. The second-order valence-electron chi connectivity index (χ2n) is 4.18. The normalized spacial score (nSPS) is 23.7. The zero-order valence-electron chi connectivity index (χ0n) is 7.96. The van der Waals surface area contributed by atoms with Crippen molar-refractivity contribution < 1.29 is 14.7 Å². The van der Waals surface area contributed by atoms with E-state index >= 15 is 0 Å². The van der Waals surface area contributed by atoms with E-state index in [1.807, 2.05) is 13.8 Å². The van der Waals surface area contributed by atoms with Gasteiger partial charge in [0.15, 0.2) is 0 Å². The Hall–Kier alpha value is -1.06. The van der Waals surface area contributed by atoms with Crippen LogP contribution in [0.5, 0.6) is 0 Å². The van der Waals surface area contributed by atoms with Crippen molar-refractivity contribution in [3.8, 4) is 0 Å². The van der Waals surface area contributed by atoms with Gasteiger partial charge in [-0.05, 0) is 11.8 Å². The van der Waals surface area contributed by atoms with Crippen LogP contribution in [0.3, 0.4) is 0 Å². The Labute approximate surface area is 77.3 Å². The molecule has 1 rings (SSSR count). The Morgan fingerprint density at radius 3 is 2.46 bits per heavy atom. The summed E-state index contributed by atoms with van der Waals surface area (Å²) in [5.74, 6) is -0.803. The standard InChI is InChI=1S/C9H15NO3/c1-9(2)5-6(9)8(13)10-4-3-7(11)12/h6H,3-5H2,1-2H3,(H,10,13)(H,11,12). The van der Waals surface area contributed by atoms with Gasteiger partial charge in [0, 0.05) is 12.5 Å². The third-order valence-electron chi connectivity index (χ3n) is 2.47. The van der Waals surface area contributed by atoms with Crippen molar-refractivity contribution in [2.45, 2.75) is 26.7 Å². The fourth-order valence-corrected chi connectivity index (χ4v) is 1.33. The molecule has 0 aromatic heterocycles. The lowest BCUT2D eigenvalue weighted by Gasteiger charge is -2.04. The molecule has 1 atom stereocenters. The van der Waals surface area contributed by atoms with Crippen LogP contribution in [0.2, 0.25) is 0 Å². The molecule has 0 heterocycles. The predicted molar refractivity (Wildman–Crippen MR) is 47.2 cm³/mol. The van der Waals surface area contributed by atoms with E-state index < -0.39 is 5.97 Å². The molecular weight excluding hydrogens is 170 g/mol. The predicted octanol–water partition coefficient (Wildman–Crippen LogP) is 0.623. The molecule has 1 amide bonds. The zero-order chi connectivity index (χ0) is 10.1. The van der Waals surface area contributed by atoms with Gasteiger partial charge in [0.25, 0.3) is 0 Å². The van der Waals surface area contributed by atoms with Gasteiger partial charge in [-0.15, -0.1) is 0 Å². The monoisotopic (exact) mass is 185 g/mol. The van der Waals surface area contributed by atoms with E-state index in [9.17, 15) is 9.59 Å². The first-order valence-electron chi connectivity index (χ1n) is 4.43. The summed E-state index contributed by atoms with van der Waals surface area (Å²) in [5, 5.41) is 10.9. The average molecular weight is 185 g/mol. The summed E-state index contributed by atoms with van der Waals surface area (Å²) in [5.41, 5.74) is 0.118. The number of hydrogen-bond acceptors (Lipinski definition) is 2. The first-order chi connectivity index (χ1) is 5.93. The SMILES string of the molecule is CC1(C)CC1C(=O)NCCC(=O)O. The maximum absolute atomic E-state index is 11.3. The molecule has 1 unspecified atom stereocenters. The lowest BCUT2D eigenvalue weighted by Crippen LogP contribution is -2.28. The van der Waals surface area contributed by atoms with Crippen LogP contribution in [0.15, 0.2) is 0 Å². The molecule has 4 nitrogen and oxygen atoms in total. The van der Waals surface area contributed by atoms with Crippen LogP contribution in [0.25, 0.3) is 0 Å². The van der Waals surface area contributed by atoms with Gasteiger partial charge < -0.3 is 10.4 Å². The highest BCUT2D eigenvalue weighted by Crippen LogP contribution is 2.51. The number of nitrogens with one attached hydrogen (secondary N) is 1. The van der Waals surface area contributed by atoms with Gasteiger partial charge in [-0.3, -0.25) is 9.59 Å². The molecule has 4 heteroatoms. The van der Waals surface area contributed by atoms with Gasteiger partial charge in [-0.1, -0.05) is 13.8 Å². The fourth-order valence-electron chi connectivity index (χ4n) is 1.33. The van der Waals surface area contributed by atoms with E-state index in [0.29, 0.717) is 0 Å². The van der Waals surface area contributed by atoms with Gasteiger partial charge in [-0.2, -0.15) is 0 Å². The first kappa shape index (κ1) is 10.0. The Bertz CT molecular complexity index is 235. The maximum atomic E-state index is 11.3. The highest BCUT2D eigenvalue weighted by Gasteiger charge is 2.50. The summed E-state index contributed by atoms with van der Waals surface area (Å²) in [6.07, 6.45) is 0.908. The molecule has 0 radical (unpaired) electrons. The van der Waals surface area contributed by atoms with Crippen molar-refractivity contribution in [2.75, 3.05) is 6.54 Å². The topological polar surface area (TPSA) is 66.4 Å². The number of carboxylic acids is 1. The van der Waals surface area contributed by atoms with Crippen molar-refractivity contribution in [3.63, 3.8) is 0 Å². The van der Waals surface area contributed by atoms with E-state index in [-0.39, 0.29) is 30.2 Å². The number of aliphatic carboxylic acids is 1. The number of carbonyl (C=O) groups is 2. The summed E-state index contributed by atoms with van der Waals surface area (Å²) in [7, 11) is 0. The molecule has 13 heavy (non-hydrogen) atoms. The van der Waals surface area contributed by atoms with Gasteiger partial charge in [0.2, 0.25) is 5.91 Å². The smallest absolute Gasteiger partial charge is 0.305 e. The van der Waals surface area contributed by atoms with E-state index in [1.165, 1.54) is 0 Å². The summed E-state index contributed by atoms with van der Waals surface area (Å²) < 4.78 is 0. The van der Waals surface area contributed by atoms with Crippen molar-refractivity contribution in [1.29, 1.82) is 0 Å². The number of amides is 1. The first-order valence-corrected chi connectivity index (χ1v) is 4.43. The number of carboxylic acid groups (broad SMARTS) is 1. The Kier molecular flexibility index (Phi) is 2.59. The quantitative estimate of drug-likeness (QED) is 0.674. The molecule has 1 aliphatic carbocycles. The van der Waals surface area contributed by atoms with E-state index in [0.717, 1.165) is 6.42 Å². The van der Waals surface area contributed by atoms with Crippen molar-refractivity contribution in [2.24, 2.45) is 11.3 Å². The molecule has 1 aliphatic rings. The minimum absolute atomic E-state index is 0.00110. The van der Waals surface area contributed by atoms with E-state index in [4.69, 9.17) is 5.11 Å². The molecule has 0 aromatic carbocycles. The Balaban J connectivity index is 2.17. The maximum Gasteiger partial charge on any atom is 0.305 e. The van der Waals surface area contributed by atoms with Crippen LogP contribution in [0.4, 0.5) is 0 Å². The van der Waals surface area contributed by atoms with Crippen LogP contribution in [-0.2, 0) is 9.59 Å². The van der Waals surface area contributed by atoms with Gasteiger partial charge in [0.05, 0.1) is 6.42 Å². The fraction of sp³-hybridized carbons (Fsp3) is 0.778. The minimum atomic E-state index is -0.879. The summed E-state index contributed by atoms with van der Waals surface area (Å²) in [4.78, 5) is 21.4. The molecular formula is C9H15NO3. The zero-order valence-corrected chi connectivity index (χ0v) is 7.96. The molecule has 0 aromatic rings. The summed E-state index contributed by atoms with van der Waals surface area (Å²) in [6.45, 7) is 4.31. The van der Waals surface area contributed by atoms with Gasteiger partial charge in [0.1, 0.15) is 0 Å². The molecule has 1 saturated carbocycles. The van der Waals surface area contributed by atoms with Crippen LogP contribution >= 0.6 is 0 Å². The number of hydrogen-bond donors (Lipinski definition) is 2. The minimum Gasteiger partial charge on any atom is -0.481 e. The van der Waals surface area contributed by atoms with Crippen molar-refractivity contribution in [3.05, 3.63) is 0 Å². The number of rotatable bonds is 4. The Morgan fingerprint density at radius 1 is 1.54 bits per heavy atom. The summed E-state index contributed by atoms with van der Waals surface area (Å²) in [6, 6.07) is 0. The largest absolute Gasteiger partial charge is 0.481 e. The molecule has 0 aliphatic heterocycles. The molecule has 2 N–H and O–H groups in total. The van der Waals surface area contributed by atoms with Crippen molar-refractivity contribution in [1.82, 2.24) is 5.32 Å². The van der Waals surface area contributed by atoms with Gasteiger partial charge >= 0.3 is 5.97 Å². The van der Waals surface area contributed by atoms with Crippen LogP contribution in [0.1, 0.15) is 26.7 Å². The lowest BCUT2D eigenvalue weighted by atomic mass is 10.1. The van der Waals surface area contributed by atoms with Crippen molar-refractivity contribution >= 4 is 11.9 Å². The van der Waals surface area contributed by atoms with Crippen LogP contribution in [0, 0.1) is 11.3 Å². The second-order valence-corrected chi connectivity index (χ2v) is 4.18. The highest BCUT2D eigenvalue weighted by atomic mass is 16.4. The second kappa shape index (κ2) is 3.36. The third-order valence-corrected chi connectivity index (χ3v) is 2.47. The average Bonchev–Trinajstić information content (AvgIpc) is 2.59. The van der Waals surface area contributed by atoms with E-state index in [2.05, 4.69) is 5.32 Å². The van der Waals surface area contributed by atoms with Gasteiger partial charge in [-0.25, -0.2) is 0 Å². The molecule has 0 bridgehead atoms. The highest BCUT2D eigenvalue weighted by molar-refractivity contribution is 5.82. The van der Waals surface area contributed by atoms with Crippen LogP contribution in [-0.4, -0.2) is 23.5 Å². The molecule has 0 saturated heterocycles. The lowest BCUT2D eigenvalue weighted by molar-refractivity contribution is -0.136. The molecule has 1 fully saturated rings. The summed E-state index contributed by atoms with van der Waals surface area (Å²) >= 11 is 0. The Morgan fingerprint density at radius 2 is 2.08 bits per heavy atom. The molecule has 0 spiro atoms. The molecule has 74 valence electrons.